The van der Waals surface area contributed by atoms with Crippen LogP contribution < -0.4 is 0 Å². The van der Waals surface area contributed by atoms with Crippen molar-refractivity contribution >= 4 is 16.0 Å². The maximum atomic E-state index is 12.0. The summed E-state index contributed by atoms with van der Waals surface area (Å²) in [5, 5.41) is 11.1. The first-order valence-electron chi connectivity index (χ1n) is 9.33. The number of aryl methyl sites for hydroxylation is 2. The van der Waals surface area contributed by atoms with Crippen molar-refractivity contribution in [2.45, 2.75) is 51.6 Å². The molecule has 0 aliphatic carbocycles. The molecule has 1 aromatic rings. The van der Waals surface area contributed by atoms with Gasteiger partial charge in [0, 0.05) is 31.7 Å². The predicted octanol–water partition coefficient (Wildman–Crippen LogP) is 1.55. The molecular weight excluding hydrogens is 431 g/mol. The lowest BCUT2D eigenvalue weighted by Crippen LogP contribution is -2.53. The summed E-state index contributed by atoms with van der Waals surface area (Å²) in [6.45, 7) is 7.37. The van der Waals surface area contributed by atoms with Gasteiger partial charge in [0.15, 0.2) is 0 Å². The number of aliphatic carboxylic acids is 1. The van der Waals surface area contributed by atoms with E-state index in [9.17, 15) is 21.6 Å². The molecule has 172 valence electrons. The van der Waals surface area contributed by atoms with Crippen molar-refractivity contribution in [2.75, 3.05) is 32.5 Å². The Hall–Kier alpha value is -1.70. The van der Waals surface area contributed by atoms with Gasteiger partial charge < -0.3 is 14.4 Å². The van der Waals surface area contributed by atoms with Gasteiger partial charge in [0.2, 0.25) is 10.0 Å². The fourth-order valence-corrected chi connectivity index (χ4v) is 4.76. The Morgan fingerprint density at radius 3 is 2.33 bits per heavy atom. The number of rotatable bonds is 3. The molecule has 3 heterocycles. The molecule has 2 saturated heterocycles. The second kappa shape index (κ2) is 9.62. The number of alkyl halides is 3. The smallest absolute Gasteiger partial charge is 0.475 e. The summed E-state index contributed by atoms with van der Waals surface area (Å²) in [5.41, 5.74) is 2.06. The molecule has 1 N–H and O–H groups in total. The largest absolute Gasteiger partial charge is 0.490 e. The number of carboxylic acid groups (broad SMARTS) is 1. The highest BCUT2D eigenvalue weighted by atomic mass is 32.2. The summed E-state index contributed by atoms with van der Waals surface area (Å²) in [5.74, 6) is -1.90. The number of hydrogen-bond donors (Lipinski definition) is 1. The topological polar surface area (TPSA) is 113 Å². The molecule has 0 spiro atoms. The van der Waals surface area contributed by atoms with E-state index in [4.69, 9.17) is 19.2 Å². The number of hydrogen-bond acceptors (Lipinski definition) is 7. The van der Waals surface area contributed by atoms with Crippen molar-refractivity contribution in [3.8, 4) is 0 Å². The van der Waals surface area contributed by atoms with Gasteiger partial charge in [0.05, 0.1) is 30.7 Å². The van der Waals surface area contributed by atoms with Gasteiger partial charge in [-0.25, -0.2) is 13.2 Å². The van der Waals surface area contributed by atoms with E-state index in [0.717, 1.165) is 49.5 Å². The van der Waals surface area contributed by atoms with E-state index >= 15 is 0 Å². The van der Waals surface area contributed by atoms with Crippen molar-refractivity contribution in [3.05, 3.63) is 17.0 Å². The van der Waals surface area contributed by atoms with Gasteiger partial charge >= 0.3 is 12.1 Å². The van der Waals surface area contributed by atoms with Gasteiger partial charge in [-0.1, -0.05) is 5.16 Å². The third-order valence-corrected chi connectivity index (χ3v) is 6.45. The Balaban J connectivity index is 0.000000396. The first-order chi connectivity index (χ1) is 13.8. The maximum absolute atomic E-state index is 12.0. The van der Waals surface area contributed by atoms with Crippen LogP contribution in [0.4, 0.5) is 13.2 Å². The van der Waals surface area contributed by atoms with E-state index in [-0.39, 0.29) is 12.1 Å². The van der Waals surface area contributed by atoms with Crippen LogP contribution in [0.2, 0.25) is 0 Å². The van der Waals surface area contributed by atoms with Crippen molar-refractivity contribution in [3.63, 3.8) is 0 Å². The summed E-state index contributed by atoms with van der Waals surface area (Å²) in [6, 6.07) is -0.0478. The van der Waals surface area contributed by atoms with Crippen molar-refractivity contribution < 1.29 is 40.8 Å². The van der Waals surface area contributed by atoms with Gasteiger partial charge in [-0.15, -0.1) is 0 Å². The fraction of sp³-hybridized carbons (Fsp3) is 0.765. The van der Waals surface area contributed by atoms with Crippen LogP contribution in [0.1, 0.15) is 29.9 Å². The van der Waals surface area contributed by atoms with Crippen LogP contribution >= 0.6 is 0 Å². The second-order valence-electron chi connectivity index (χ2n) is 7.31. The minimum atomic E-state index is -5.08. The molecule has 30 heavy (non-hydrogen) atoms. The summed E-state index contributed by atoms with van der Waals surface area (Å²) in [6.07, 6.45) is -2.16. The number of halogens is 3. The zero-order valence-corrected chi connectivity index (χ0v) is 17.8. The number of carboxylic acids is 1. The molecule has 2 aliphatic heterocycles. The van der Waals surface area contributed by atoms with Gasteiger partial charge in [0.25, 0.3) is 0 Å². The Bertz CT molecular complexity index is 823. The number of aromatic nitrogens is 1. The molecule has 2 aliphatic rings. The SMILES string of the molecule is Cc1noc(C)c1CN1CC[C@@H]2[C@@H](CC1)OCCN2S(C)(=O)=O.O=C(O)C(F)(F)F. The van der Waals surface area contributed by atoms with Gasteiger partial charge in [-0.2, -0.15) is 17.5 Å². The molecule has 3 rings (SSSR count). The monoisotopic (exact) mass is 457 g/mol. The van der Waals surface area contributed by atoms with Crippen molar-refractivity contribution in [2.24, 2.45) is 0 Å². The molecule has 0 bridgehead atoms. The third kappa shape index (κ3) is 6.40. The Morgan fingerprint density at radius 2 is 1.83 bits per heavy atom. The van der Waals surface area contributed by atoms with Crippen molar-refractivity contribution in [1.29, 1.82) is 0 Å². The van der Waals surface area contributed by atoms with Gasteiger partial charge in [0.1, 0.15) is 5.76 Å². The van der Waals surface area contributed by atoms with E-state index in [1.54, 1.807) is 4.31 Å². The second-order valence-corrected chi connectivity index (χ2v) is 9.24. The molecule has 0 aromatic carbocycles. The molecule has 0 amide bonds. The third-order valence-electron chi connectivity index (χ3n) is 5.15. The molecule has 2 atom stereocenters. The average Bonchev–Trinajstić information content (AvgIpc) is 2.83. The number of likely N-dealkylation sites (tertiary alicyclic amines) is 1. The Morgan fingerprint density at radius 1 is 1.23 bits per heavy atom. The van der Waals surface area contributed by atoms with E-state index in [0.29, 0.717) is 13.2 Å². The maximum Gasteiger partial charge on any atom is 0.490 e. The fourth-order valence-electron chi connectivity index (χ4n) is 3.62. The van der Waals surface area contributed by atoms with Gasteiger partial charge in [-0.3, -0.25) is 4.90 Å². The minimum Gasteiger partial charge on any atom is -0.475 e. The summed E-state index contributed by atoms with van der Waals surface area (Å²) < 4.78 is 68.5. The number of morpholine rings is 1. The van der Waals surface area contributed by atoms with Crippen LogP contribution in [-0.2, 0) is 26.1 Å². The van der Waals surface area contributed by atoms with E-state index in [2.05, 4.69) is 10.1 Å². The number of carbonyl (C=O) groups is 1. The van der Waals surface area contributed by atoms with Crippen LogP contribution in [0.25, 0.3) is 0 Å². The molecule has 9 nitrogen and oxygen atoms in total. The highest BCUT2D eigenvalue weighted by Gasteiger charge is 2.39. The lowest BCUT2D eigenvalue weighted by molar-refractivity contribution is -0.192. The summed E-state index contributed by atoms with van der Waals surface area (Å²) in [7, 11) is -3.18. The number of fused-ring (bicyclic) bond motifs is 1. The number of nitrogens with zero attached hydrogens (tertiary/aromatic N) is 3. The average molecular weight is 457 g/mol. The zero-order chi connectivity index (χ0) is 22.7. The predicted molar refractivity (Wildman–Crippen MR) is 99.3 cm³/mol. The summed E-state index contributed by atoms with van der Waals surface area (Å²) >= 11 is 0. The first kappa shape index (κ1) is 24.6. The van der Waals surface area contributed by atoms with Crippen molar-refractivity contribution in [1.82, 2.24) is 14.4 Å². The lowest BCUT2D eigenvalue weighted by atomic mass is 10.0. The molecule has 2 fully saturated rings. The highest BCUT2D eigenvalue weighted by Crippen LogP contribution is 2.27. The lowest BCUT2D eigenvalue weighted by Gasteiger charge is -2.38. The van der Waals surface area contributed by atoms with Crippen LogP contribution in [-0.4, -0.2) is 84.7 Å². The first-order valence-corrected chi connectivity index (χ1v) is 11.2. The zero-order valence-electron chi connectivity index (χ0n) is 17.0. The Kier molecular flexibility index (Phi) is 7.88. The van der Waals surface area contributed by atoms with E-state index < -0.39 is 22.2 Å². The van der Waals surface area contributed by atoms with E-state index in [1.165, 1.54) is 6.26 Å². The normalized spacial score (nSPS) is 23.8. The molecule has 0 unspecified atom stereocenters. The molecule has 0 saturated carbocycles. The summed E-state index contributed by atoms with van der Waals surface area (Å²) in [4.78, 5) is 11.2. The minimum absolute atomic E-state index is 0.00635. The van der Waals surface area contributed by atoms with Gasteiger partial charge in [-0.05, 0) is 26.7 Å². The highest BCUT2D eigenvalue weighted by molar-refractivity contribution is 7.88. The quantitative estimate of drug-likeness (QED) is 0.728. The molecular formula is C17H26F3N3O6S. The Labute approximate surface area is 172 Å². The molecule has 13 heteroatoms. The van der Waals surface area contributed by atoms with Crippen LogP contribution in [0, 0.1) is 13.8 Å². The van der Waals surface area contributed by atoms with Crippen LogP contribution in [0.15, 0.2) is 4.52 Å². The van der Waals surface area contributed by atoms with E-state index in [1.807, 2.05) is 13.8 Å². The molecule has 1 aromatic heterocycles. The number of sulfonamides is 1. The van der Waals surface area contributed by atoms with Crippen LogP contribution in [0.5, 0.6) is 0 Å². The number of ether oxygens (including phenoxy) is 1. The molecule has 0 radical (unpaired) electrons. The van der Waals surface area contributed by atoms with Crippen LogP contribution in [0.3, 0.4) is 0 Å². The standard InChI is InChI=1S/C15H25N3O4S.C2HF3O2/c1-11-13(12(2)22-16-11)10-17-6-4-14-15(5-7-17)21-9-8-18(14)23(3,19)20;3-2(4,5)1(6)7/h14-15H,4-10H2,1-3H3;(H,6,7)/t14-,15-;/m1./s1.